The van der Waals surface area contributed by atoms with E-state index in [9.17, 15) is 19.4 Å². The van der Waals surface area contributed by atoms with E-state index in [0.717, 1.165) is 38.5 Å². The van der Waals surface area contributed by atoms with Gasteiger partial charge in [0.1, 0.15) is 13.2 Å². The second-order valence-electron chi connectivity index (χ2n) is 18.9. The zero-order chi connectivity index (χ0) is 42.8. The number of aliphatic hydroxyl groups excluding tert-OH is 1. The minimum atomic E-state index is -4.29. The third kappa shape index (κ3) is 43.6. The number of nitrogens with one attached hydrogen (secondary N) is 1. The molecule has 0 rings (SSSR count). The molecule has 0 spiro atoms. The predicted octanol–water partition coefficient (Wildman–Crippen LogP) is 14.5. The fourth-order valence-electron chi connectivity index (χ4n) is 7.81. The highest BCUT2D eigenvalue weighted by Crippen LogP contribution is 2.43. The maximum absolute atomic E-state index is 12.7. The van der Waals surface area contributed by atoms with Gasteiger partial charge in [-0.3, -0.25) is 13.8 Å². The number of quaternary nitrogens is 1. The highest BCUT2D eigenvalue weighted by atomic mass is 31.2. The molecular formula is C49H102N2O6P+. The number of hydrogen-bond donors (Lipinski definition) is 3. The maximum atomic E-state index is 12.7. The van der Waals surface area contributed by atoms with Crippen molar-refractivity contribution in [3.8, 4) is 0 Å². The second-order valence-corrected chi connectivity index (χ2v) is 20.4. The summed E-state index contributed by atoms with van der Waals surface area (Å²) < 4.78 is 23.3. The van der Waals surface area contributed by atoms with Crippen LogP contribution in [0.4, 0.5) is 0 Å². The van der Waals surface area contributed by atoms with Crippen LogP contribution in [0.2, 0.25) is 0 Å². The van der Waals surface area contributed by atoms with Crippen LogP contribution in [0.3, 0.4) is 0 Å². The number of phosphoric acid groups is 1. The van der Waals surface area contributed by atoms with E-state index in [1.54, 1.807) is 0 Å². The van der Waals surface area contributed by atoms with Crippen molar-refractivity contribution < 1.29 is 32.9 Å². The van der Waals surface area contributed by atoms with E-state index < -0.39 is 20.0 Å². The molecule has 9 heteroatoms. The van der Waals surface area contributed by atoms with Crippen LogP contribution in [0.1, 0.15) is 258 Å². The molecule has 0 aliphatic carbocycles. The molecule has 348 valence electrons. The lowest BCUT2D eigenvalue weighted by Crippen LogP contribution is -2.46. The Morgan fingerprint density at radius 1 is 0.517 bits per heavy atom. The molecule has 0 saturated carbocycles. The molecule has 0 aliphatic rings. The number of aliphatic hydroxyl groups is 1. The van der Waals surface area contributed by atoms with Crippen molar-refractivity contribution in [1.82, 2.24) is 5.32 Å². The van der Waals surface area contributed by atoms with E-state index in [1.165, 1.54) is 193 Å². The smallest absolute Gasteiger partial charge is 0.391 e. The molecule has 0 aromatic heterocycles. The van der Waals surface area contributed by atoms with Crippen molar-refractivity contribution in [3.63, 3.8) is 0 Å². The molecule has 0 aromatic rings. The number of likely N-dealkylation sites (N-methyl/N-ethyl adjacent to an activating group) is 1. The van der Waals surface area contributed by atoms with Crippen LogP contribution in [0.25, 0.3) is 0 Å². The Balaban J connectivity index is 3.63. The average molecular weight is 846 g/mol. The van der Waals surface area contributed by atoms with Crippen LogP contribution in [-0.4, -0.2) is 73.4 Å². The summed E-state index contributed by atoms with van der Waals surface area (Å²) >= 11 is 0. The molecular weight excluding hydrogens is 744 g/mol. The Morgan fingerprint density at radius 3 is 1.16 bits per heavy atom. The summed E-state index contributed by atoms with van der Waals surface area (Å²) in [5.74, 6) is -0.150. The molecule has 8 nitrogen and oxygen atoms in total. The number of phosphoric ester groups is 1. The van der Waals surface area contributed by atoms with Crippen molar-refractivity contribution in [2.24, 2.45) is 0 Å². The number of rotatable bonds is 47. The van der Waals surface area contributed by atoms with E-state index in [4.69, 9.17) is 9.05 Å². The summed E-state index contributed by atoms with van der Waals surface area (Å²) in [4.78, 5) is 22.9. The summed E-state index contributed by atoms with van der Waals surface area (Å²) in [5.41, 5.74) is 0. The summed E-state index contributed by atoms with van der Waals surface area (Å²) in [6, 6.07) is -0.750. The summed E-state index contributed by atoms with van der Waals surface area (Å²) in [5, 5.41) is 13.6. The third-order valence-electron chi connectivity index (χ3n) is 11.9. The zero-order valence-corrected chi connectivity index (χ0v) is 40.5. The van der Waals surface area contributed by atoms with E-state index >= 15 is 0 Å². The van der Waals surface area contributed by atoms with Gasteiger partial charge in [-0.2, -0.15) is 0 Å². The van der Waals surface area contributed by atoms with Crippen LogP contribution in [0.5, 0.6) is 0 Å². The van der Waals surface area contributed by atoms with Gasteiger partial charge in [0, 0.05) is 6.42 Å². The Hall–Kier alpha value is -0.500. The largest absolute Gasteiger partial charge is 0.472 e. The fraction of sp³-hybridized carbons (Fsp3) is 0.980. The molecule has 58 heavy (non-hydrogen) atoms. The molecule has 0 saturated heterocycles. The van der Waals surface area contributed by atoms with Gasteiger partial charge in [-0.25, -0.2) is 4.57 Å². The average Bonchev–Trinajstić information content (AvgIpc) is 3.17. The van der Waals surface area contributed by atoms with Gasteiger partial charge in [-0.15, -0.1) is 0 Å². The molecule has 0 heterocycles. The first-order chi connectivity index (χ1) is 28.0. The topological polar surface area (TPSA) is 105 Å². The molecule has 3 N–H and O–H groups in total. The van der Waals surface area contributed by atoms with Crippen molar-refractivity contribution in [1.29, 1.82) is 0 Å². The van der Waals surface area contributed by atoms with Crippen LogP contribution < -0.4 is 5.32 Å². The van der Waals surface area contributed by atoms with Gasteiger partial charge >= 0.3 is 7.82 Å². The molecule has 0 bridgehead atoms. The number of amides is 1. The normalized spacial score (nSPS) is 14.1. The molecule has 1 amide bonds. The standard InChI is InChI=1S/C49H101N2O6P/c1-6-8-10-11-12-13-14-15-16-17-18-19-20-21-22-23-24-25-26-27-28-29-30-31-32-33-34-35-36-37-38-39-41-43-49(53)50-47(48(52)42-40-9-7-2)46-57-58(54,55)56-45-44-51(3,4)5/h47-48,52H,6-46H2,1-5H3,(H-,50,53,54,55)/p+1. The van der Waals surface area contributed by atoms with E-state index in [-0.39, 0.29) is 19.1 Å². The Morgan fingerprint density at radius 2 is 0.828 bits per heavy atom. The predicted molar refractivity (Wildman–Crippen MR) is 249 cm³/mol. The molecule has 3 unspecified atom stereocenters. The first kappa shape index (κ1) is 57.5. The minimum Gasteiger partial charge on any atom is -0.391 e. The van der Waals surface area contributed by atoms with Crippen molar-refractivity contribution in [2.45, 2.75) is 270 Å². The van der Waals surface area contributed by atoms with Crippen LogP contribution in [0.15, 0.2) is 0 Å². The summed E-state index contributed by atoms with van der Waals surface area (Å²) in [6.45, 7) is 4.75. The van der Waals surface area contributed by atoms with E-state index in [1.807, 2.05) is 21.1 Å². The lowest BCUT2D eigenvalue weighted by atomic mass is 10.0. The van der Waals surface area contributed by atoms with Gasteiger partial charge in [0.2, 0.25) is 5.91 Å². The van der Waals surface area contributed by atoms with Gasteiger partial charge < -0.3 is 19.8 Å². The van der Waals surface area contributed by atoms with Gasteiger partial charge in [-0.05, 0) is 12.8 Å². The van der Waals surface area contributed by atoms with Gasteiger partial charge in [0.05, 0.1) is 39.9 Å². The lowest BCUT2D eigenvalue weighted by molar-refractivity contribution is -0.870. The van der Waals surface area contributed by atoms with Crippen LogP contribution in [0, 0.1) is 0 Å². The summed E-state index contributed by atoms with van der Waals surface area (Å²) in [7, 11) is 1.62. The lowest BCUT2D eigenvalue weighted by Gasteiger charge is -2.26. The highest BCUT2D eigenvalue weighted by molar-refractivity contribution is 7.47. The van der Waals surface area contributed by atoms with Gasteiger partial charge in [0.25, 0.3) is 0 Å². The van der Waals surface area contributed by atoms with Crippen molar-refractivity contribution in [2.75, 3.05) is 40.9 Å². The molecule has 0 aliphatic heterocycles. The Labute approximate surface area is 361 Å². The Bertz CT molecular complexity index is 916. The van der Waals surface area contributed by atoms with Crippen molar-refractivity contribution in [3.05, 3.63) is 0 Å². The van der Waals surface area contributed by atoms with Crippen LogP contribution >= 0.6 is 7.82 Å². The number of unbranched alkanes of at least 4 members (excludes halogenated alkanes) is 34. The van der Waals surface area contributed by atoms with E-state index in [0.29, 0.717) is 23.9 Å². The van der Waals surface area contributed by atoms with Gasteiger partial charge in [0.15, 0.2) is 0 Å². The Kier molecular flexibility index (Phi) is 41.5. The van der Waals surface area contributed by atoms with E-state index in [2.05, 4.69) is 19.2 Å². The third-order valence-corrected chi connectivity index (χ3v) is 12.8. The maximum Gasteiger partial charge on any atom is 0.472 e. The number of hydrogen-bond acceptors (Lipinski definition) is 5. The molecule has 0 fully saturated rings. The molecule has 3 atom stereocenters. The van der Waals surface area contributed by atoms with Gasteiger partial charge in [-0.1, -0.05) is 239 Å². The zero-order valence-electron chi connectivity index (χ0n) is 39.6. The number of carbonyl (C=O) groups excluding carboxylic acids is 1. The number of nitrogens with zero attached hydrogens (tertiary/aromatic N) is 1. The number of carbonyl (C=O) groups is 1. The highest BCUT2D eigenvalue weighted by Gasteiger charge is 2.28. The van der Waals surface area contributed by atoms with Crippen molar-refractivity contribution >= 4 is 13.7 Å². The SMILES string of the molecule is CCCCCCCCCCCCCCCCCCCCCCCCCCCCCCCCCCCC(=O)NC(COP(=O)(O)OCC[N+](C)(C)C)C(O)CCCCC. The fourth-order valence-corrected chi connectivity index (χ4v) is 8.55. The first-order valence-electron chi connectivity index (χ1n) is 25.4. The van der Waals surface area contributed by atoms with Crippen LogP contribution in [-0.2, 0) is 18.4 Å². The minimum absolute atomic E-state index is 0.0765. The molecule has 0 aromatic carbocycles. The first-order valence-corrected chi connectivity index (χ1v) is 26.9. The molecule has 0 radical (unpaired) electrons. The second kappa shape index (κ2) is 41.8. The summed E-state index contributed by atoms with van der Waals surface area (Å²) in [6.07, 6.45) is 48.4. The monoisotopic (exact) mass is 846 g/mol. The quantitative estimate of drug-likeness (QED) is 0.0320.